The third-order valence-electron chi connectivity index (χ3n) is 2.91. The second-order valence-corrected chi connectivity index (χ2v) is 4.16. The Labute approximate surface area is 97.6 Å². The Morgan fingerprint density at radius 1 is 1.19 bits per heavy atom. The first kappa shape index (κ1) is 12.8. The van der Waals surface area contributed by atoms with Crippen molar-refractivity contribution < 1.29 is 9.53 Å². The van der Waals surface area contributed by atoms with Gasteiger partial charge >= 0.3 is 0 Å². The van der Waals surface area contributed by atoms with Gasteiger partial charge in [-0.2, -0.15) is 0 Å². The van der Waals surface area contributed by atoms with Crippen molar-refractivity contribution in [2.24, 2.45) is 0 Å². The summed E-state index contributed by atoms with van der Waals surface area (Å²) < 4.78 is 5.37. The fourth-order valence-electron chi connectivity index (χ4n) is 1.78. The van der Waals surface area contributed by atoms with Gasteiger partial charge in [0, 0.05) is 6.42 Å². The number of ether oxygens (including phenoxy) is 1. The van der Waals surface area contributed by atoms with Crippen LogP contribution in [-0.2, 0) is 11.2 Å². The molecule has 0 fully saturated rings. The summed E-state index contributed by atoms with van der Waals surface area (Å²) in [6, 6.07) is 4.28. The average Bonchev–Trinajstić information content (AvgIpc) is 2.28. The van der Waals surface area contributed by atoms with Gasteiger partial charge in [-0.15, -0.1) is 0 Å². The van der Waals surface area contributed by atoms with Gasteiger partial charge in [-0.25, -0.2) is 0 Å². The van der Waals surface area contributed by atoms with E-state index in [1.54, 1.807) is 7.11 Å². The summed E-state index contributed by atoms with van der Waals surface area (Å²) >= 11 is 0. The number of unbranched alkanes of at least 4 members (excludes halogenated alkanes) is 2. The van der Waals surface area contributed by atoms with Crippen molar-refractivity contribution in [1.29, 1.82) is 0 Å². The molecule has 0 spiro atoms. The maximum atomic E-state index is 10.2. The molecule has 1 rings (SSSR count). The van der Waals surface area contributed by atoms with Crippen LogP contribution in [0.15, 0.2) is 12.1 Å². The molecule has 88 valence electrons. The summed E-state index contributed by atoms with van der Waals surface area (Å²) in [4.78, 5) is 10.2. The monoisotopic (exact) mass is 220 g/mol. The Hall–Kier alpha value is -1.31. The van der Waals surface area contributed by atoms with E-state index in [-0.39, 0.29) is 0 Å². The Kier molecular flexibility index (Phi) is 5.03. The molecule has 0 aliphatic rings. The molecule has 0 atom stereocenters. The lowest BCUT2D eigenvalue weighted by Crippen LogP contribution is -1.95. The number of methoxy groups -OCH3 is 1. The topological polar surface area (TPSA) is 26.3 Å². The van der Waals surface area contributed by atoms with E-state index >= 15 is 0 Å². The number of rotatable bonds is 6. The van der Waals surface area contributed by atoms with Crippen LogP contribution in [0.4, 0.5) is 0 Å². The lowest BCUT2D eigenvalue weighted by molar-refractivity contribution is -0.107. The van der Waals surface area contributed by atoms with E-state index < -0.39 is 0 Å². The summed E-state index contributed by atoms with van der Waals surface area (Å²) in [5, 5.41) is 0. The highest BCUT2D eigenvalue weighted by Crippen LogP contribution is 2.24. The minimum absolute atomic E-state index is 0.660. The van der Waals surface area contributed by atoms with Gasteiger partial charge in [0.1, 0.15) is 12.0 Å². The highest BCUT2D eigenvalue weighted by Gasteiger charge is 2.05. The molecule has 0 unspecified atom stereocenters. The molecule has 0 aromatic heterocycles. The van der Waals surface area contributed by atoms with E-state index in [0.29, 0.717) is 6.42 Å². The van der Waals surface area contributed by atoms with Crippen molar-refractivity contribution in [2.45, 2.75) is 39.5 Å². The predicted molar refractivity (Wildman–Crippen MR) is 66.1 cm³/mol. The molecule has 0 aliphatic heterocycles. The molecule has 16 heavy (non-hydrogen) atoms. The van der Waals surface area contributed by atoms with Crippen molar-refractivity contribution in [1.82, 2.24) is 0 Å². The summed E-state index contributed by atoms with van der Waals surface area (Å²) in [6.45, 7) is 4.21. The smallest absolute Gasteiger partial charge is 0.122 e. The molecule has 1 aromatic rings. The largest absolute Gasteiger partial charge is 0.496 e. The lowest BCUT2D eigenvalue weighted by Gasteiger charge is -2.11. The zero-order valence-corrected chi connectivity index (χ0v) is 10.4. The van der Waals surface area contributed by atoms with Crippen LogP contribution in [0.2, 0.25) is 0 Å². The standard InChI is InChI=1S/C14H20O2/c1-11-9-13(7-5-4-6-8-15)14(16-3)10-12(11)2/h8-10H,4-7H2,1-3H3. The molecule has 2 nitrogen and oxygen atoms in total. The molecule has 0 radical (unpaired) electrons. The Bertz CT molecular complexity index is 356. The van der Waals surface area contributed by atoms with Gasteiger partial charge in [-0.3, -0.25) is 0 Å². The fraction of sp³-hybridized carbons (Fsp3) is 0.500. The minimum Gasteiger partial charge on any atom is -0.496 e. The summed E-state index contributed by atoms with van der Waals surface area (Å²) in [7, 11) is 1.71. The third kappa shape index (κ3) is 3.37. The number of aryl methyl sites for hydroxylation is 3. The molecule has 0 bridgehead atoms. The number of hydrogen-bond acceptors (Lipinski definition) is 2. The molecule has 0 N–H and O–H groups in total. The molecule has 2 heteroatoms. The van der Waals surface area contributed by atoms with E-state index in [9.17, 15) is 4.79 Å². The van der Waals surface area contributed by atoms with Crippen molar-refractivity contribution in [3.8, 4) is 5.75 Å². The maximum Gasteiger partial charge on any atom is 0.122 e. The highest BCUT2D eigenvalue weighted by molar-refractivity contribution is 5.49. The van der Waals surface area contributed by atoms with Crippen LogP contribution in [0.25, 0.3) is 0 Å². The average molecular weight is 220 g/mol. The molecular formula is C14H20O2. The van der Waals surface area contributed by atoms with E-state index in [0.717, 1.165) is 31.3 Å². The molecular weight excluding hydrogens is 200 g/mol. The van der Waals surface area contributed by atoms with Crippen LogP contribution in [-0.4, -0.2) is 13.4 Å². The first-order valence-corrected chi connectivity index (χ1v) is 5.76. The third-order valence-corrected chi connectivity index (χ3v) is 2.91. The van der Waals surface area contributed by atoms with Gasteiger partial charge in [-0.05, 0) is 55.9 Å². The summed E-state index contributed by atoms with van der Waals surface area (Å²) in [5.74, 6) is 0.967. The Balaban J connectivity index is 2.70. The number of benzene rings is 1. The Morgan fingerprint density at radius 2 is 1.88 bits per heavy atom. The second kappa shape index (κ2) is 6.31. The molecule has 0 amide bonds. The number of hydrogen-bond donors (Lipinski definition) is 0. The number of aldehydes is 1. The summed E-state index contributed by atoms with van der Waals surface area (Å²) in [5.41, 5.74) is 3.80. The van der Waals surface area contributed by atoms with Gasteiger partial charge in [0.25, 0.3) is 0 Å². The number of carbonyl (C=O) groups is 1. The molecule has 0 saturated carbocycles. The van der Waals surface area contributed by atoms with E-state index in [1.165, 1.54) is 16.7 Å². The van der Waals surface area contributed by atoms with Crippen LogP contribution < -0.4 is 4.74 Å². The van der Waals surface area contributed by atoms with Crippen molar-refractivity contribution in [3.05, 3.63) is 28.8 Å². The van der Waals surface area contributed by atoms with Crippen LogP contribution in [0, 0.1) is 13.8 Å². The lowest BCUT2D eigenvalue weighted by atomic mass is 10.0. The predicted octanol–water partition coefficient (Wildman–Crippen LogP) is 3.22. The van der Waals surface area contributed by atoms with Crippen LogP contribution in [0.5, 0.6) is 5.75 Å². The Morgan fingerprint density at radius 3 is 2.50 bits per heavy atom. The first-order chi connectivity index (χ1) is 7.69. The first-order valence-electron chi connectivity index (χ1n) is 5.76. The van der Waals surface area contributed by atoms with Gasteiger partial charge in [0.05, 0.1) is 7.11 Å². The van der Waals surface area contributed by atoms with Gasteiger partial charge in [-0.1, -0.05) is 6.07 Å². The van der Waals surface area contributed by atoms with Gasteiger partial charge < -0.3 is 9.53 Å². The zero-order valence-electron chi connectivity index (χ0n) is 10.4. The quantitative estimate of drug-likeness (QED) is 0.543. The van der Waals surface area contributed by atoms with E-state index in [2.05, 4.69) is 26.0 Å². The van der Waals surface area contributed by atoms with Gasteiger partial charge in [0.2, 0.25) is 0 Å². The number of carbonyl (C=O) groups excluding carboxylic acids is 1. The minimum atomic E-state index is 0.660. The molecule has 1 aromatic carbocycles. The van der Waals surface area contributed by atoms with Gasteiger partial charge in [0.15, 0.2) is 0 Å². The van der Waals surface area contributed by atoms with Crippen LogP contribution in [0.3, 0.4) is 0 Å². The van der Waals surface area contributed by atoms with E-state index in [4.69, 9.17) is 4.74 Å². The fourth-order valence-corrected chi connectivity index (χ4v) is 1.78. The molecule has 0 saturated heterocycles. The van der Waals surface area contributed by atoms with Crippen LogP contribution >= 0.6 is 0 Å². The van der Waals surface area contributed by atoms with Crippen molar-refractivity contribution >= 4 is 6.29 Å². The SMILES string of the molecule is COc1cc(C)c(C)cc1CCCCC=O. The van der Waals surface area contributed by atoms with E-state index in [1.807, 2.05) is 0 Å². The van der Waals surface area contributed by atoms with Crippen molar-refractivity contribution in [2.75, 3.05) is 7.11 Å². The highest BCUT2D eigenvalue weighted by atomic mass is 16.5. The molecule has 0 aliphatic carbocycles. The summed E-state index contributed by atoms with van der Waals surface area (Å²) in [6.07, 6.45) is 4.63. The maximum absolute atomic E-state index is 10.2. The second-order valence-electron chi connectivity index (χ2n) is 4.16. The normalized spacial score (nSPS) is 10.2. The van der Waals surface area contributed by atoms with Crippen molar-refractivity contribution in [3.63, 3.8) is 0 Å². The van der Waals surface area contributed by atoms with Crippen LogP contribution in [0.1, 0.15) is 36.0 Å². The zero-order chi connectivity index (χ0) is 12.0. The molecule has 0 heterocycles.